The maximum Gasteiger partial charge on any atom is 0.573 e. The van der Waals surface area contributed by atoms with E-state index in [1.807, 2.05) is 0 Å². The predicted octanol–water partition coefficient (Wildman–Crippen LogP) is 4.37. The Bertz CT molecular complexity index is 968. The number of nitrogens with zero attached hydrogens (tertiary/aromatic N) is 2. The van der Waals surface area contributed by atoms with Crippen LogP contribution in [0.2, 0.25) is 0 Å². The molecule has 2 amide bonds. The number of alkyl halides is 3. The van der Waals surface area contributed by atoms with Gasteiger partial charge in [0.2, 0.25) is 11.8 Å². The number of aromatic nitrogens is 1. The Labute approximate surface area is 171 Å². The molecule has 1 aromatic heterocycles. The number of pyridine rings is 1. The molecule has 0 radical (unpaired) electrons. The summed E-state index contributed by atoms with van der Waals surface area (Å²) in [5.74, 6) is 0.122. The van der Waals surface area contributed by atoms with E-state index in [1.165, 1.54) is 29.2 Å². The van der Waals surface area contributed by atoms with Crippen LogP contribution in [-0.4, -0.2) is 30.2 Å². The van der Waals surface area contributed by atoms with E-state index >= 15 is 0 Å². The summed E-state index contributed by atoms with van der Waals surface area (Å²) in [4.78, 5) is 30.5. The first kappa shape index (κ1) is 20.2. The number of carbonyl (C=O) groups is 2. The van der Waals surface area contributed by atoms with Crippen molar-refractivity contribution < 1.29 is 27.5 Å². The van der Waals surface area contributed by atoms with E-state index in [0.29, 0.717) is 22.8 Å². The zero-order valence-electron chi connectivity index (χ0n) is 16.2. The van der Waals surface area contributed by atoms with Gasteiger partial charge in [-0.2, -0.15) is 0 Å². The van der Waals surface area contributed by atoms with E-state index in [2.05, 4.69) is 15.0 Å². The van der Waals surface area contributed by atoms with Gasteiger partial charge in [0.05, 0.1) is 0 Å². The largest absolute Gasteiger partial charge is 0.573 e. The van der Waals surface area contributed by atoms with Crippen LogP contribution in [0.4, 0.5) is 24.8 Å². The average molecular weight is 419 g/mol. The molecule has 2 aliphatic rings. The number of rotatable bonds is 6. The highest BCUT2D eigenvalue weighted by Crippen LogP contribution is 2.35. The van der Waals surface area contributed by atoms with Crippen LogP contribution in [0, 0.1) is 11.8 Å². The molecule has 2 fully saturated rings. The third-order valence-electron chi connectivity index (χ3n) is 5.03. The Morgan fingerprint density at radius 1 is 1.03 bits per heavy atom. The van der Waals surface area contributed by atoms with Gasteiger partial charge in [0, 0.05) is 18.9 Å². The number of hydrogen-bond donors (Lipinski definition) is 1. The van der Waals surface area contributed by atoms with E-state index in [1.54, 1.807) is 19.2 Å². The number of carbonyl (C=O) groups excluding carboxylic acids is 2. The van der Waals surface area contributed by atoms with Gasteiger partial charge in [-0.25, -0.2) is 4.98 Å². The highest BCUT2D eigenvalue weighted by molar-refractivity contribution is 5.97. The minimum Gasteiger partial charge on any atom is -0.406 e. The first-order valence-electron chi connectivity index (χ1n) is 9.66. The van der Waals surface area contributed by atoms with Crippen molar-refractivity contribution in [2.75, 3.05) is 17.3 Å². The third kappa shape index (κ3) is 4.90. The van der Waals surface area contributed by atoms with Gasteiger partial charge >= 0.3 is 6.36 Å². The predicted molar refractivity (Wildman–Crippen MR) is 104 cm³/mol. The Balaban J connectivity index is 1.64. The normalized spacial score (nSPS) is 16.1. The molecule has 30 heavy (non-hydrogen) atoms. The van der Waals surface area contributed by atoms with Gasteiger partial charge in [-0.05, 0) is 61.1 Å². The lowest BCUT2D eigenvalue weighted by molar-refractivity contribution is -0.274. The summed E-state index contributed by atoms with van der Waals surface area (Å²) in [7, 11) is 1.62. The molecular formula is C21H20F3N3O3. The van der Waals surface area contributed by atoms with Crippen molar-refractivity contribution in [3.8, 4) is 16.9 Å². The molecule has 158 valence electrons. The maximum absolute atomic E-state index is 12.5. The molecule has 1 N–H and O–H groups in total. The SMILES string of the molecule is CN(C(=O)C1CC1)c1cc(-c2ccc(OC(F)(F)F)cc2)cc(NC(=O)C2CC2)n1. The van der Waals surface area contributed by atoms with Gasteiger partial charge in [-0.3, -0.25) is 14.5 Å². The summed E-state index contributed by atoms with van der Waals surface area (Å²) >= 11 is 0. The van der Waals surface area contributed by atoms with Crippen LogP contribution < -0.4 is 15.0 Å². The molecule has 0 aliphatic heterocycles. The monoisotopic (exact) mass is 419 g/mol. The molecule has 0 atom stereocenters. The Kier molecular flexibility index (Phi) is 5.13. The third-order valence-corrected chi connectivity index (χ3v) is 5.03. The number of ether oxygens (including phenoxy) is 1. The van der Waals surface area contributed by atoms with Crippen molar-refractivity contribution in [3.63, 3.8) is 0 Å². The number of nitrogens with one attached hydrogen (secondary N) is 1. The minimum atomic E-state index is -4.77. The fraction of sp³-hybridized carbons (Fsp3) is 0.381. The number of hydrogen-bond acceptors (Lipinski definition) is 4. The second-order valence-electron chi connectivity index (χ2n) is 7.61. The fourth-order valence-corrected chi connectivity index (χ4v) is 3.06. The lowest BCUT2D eigenvalue weighted by atomic mass is 10.1. The van der Waals surface area contributed by atoms with E-state index in [-0.39, 0.29) is 29.4 Å². The van der Waals surface area contributed by atoms with Gasteiger partial charge in [-0.1, -0.05) is 12.1 Å². The molecule has 2 saturated carbocycles. The molecule has 9 heteroatoms. The van der Waals surface area contributed by atoms with Gasteiger partial charge in [-0.15, -0.1) is 13.2 Å². The van der Waals surface area contributed by atoms with Crippen molar-refractivity contribution >= 4 is 23.5 Å². The Morgan fingerprint density at radius 2 is 1.67 bits per heavy atom. The highest BCUT2D eigenvalue weighted by atomic mass is 19.4. The molecule has 0 unspecified atom stereocenters. The van der Waals surface area contributed by atoms with Crippen molar-refractivity contribution in [2.24, 2.45) is 11.8 Å². The fourth-order valence-electron chi connectivity index (χ4n) is 3.06. The first-order chi connectivity index (χ1) is 14.2. The van der Waals surface area contributed by atoms with Crippen LogP contribution in [0.1, 0.15) is 25.7 Å². The molecule has 4 rings (SSSR count). The lowest BCUT2D eigenvalue weighted by Crippen LogP contribution is -2.28. The van der Waals surface area contributed by atoms with Crippen LogP contribution in [0.3, 0.4) is 0 Å². The molecule has 0 bridgehead atoms. The van der Waals surface area contributed by atoms with E-state index < -0.39 is 6.36 Å². The minimum absolute atomic E-state index is 0.0104. The number of amides is 2. The molecule has 2 aliphatic carbocycles. The molecule has 0 spiro atoms. The van der Waals surface area contributed by atoms with E-state index in [0.717, 1.165) is 25.7 Å². The summed E-state index contributed by atoms with van der Waals surface area (Å²) < 4.78 is 41.1. The number of benzene rings is 1. The maximum atomic E-state index is 12.5. The molecule has 1 aromatic carbocycles. The molecule has 2 aromatic rings. The first-order valence-corrected chi connectivity index (χ1v) is 9.66. The zero-order chi connectivity index (χ0) is 21.5. The highest BCUT2D eigenvalue weighted by Gasteiger charge is 2.34. The van der Waals surface area contributed by atoms with Gasteiger partial charge < -0.3 is 10.1 Å². The van der Waals surface area contributed by atoms with Crippen LogP contribution in [0.5, 0.6) is 5.75 Å². The van der Waals surface area contributed by atoms with Crippen LogP contribution in [0.25, 0.3) is 11.1 Å². The Morgan fingerprint density at radius 3 is 2.23 bits per heavy atom. The second-order valence-corrected chi connectivity index (χ2v) is 7.61. The molecule has 6 nitrogen and oxygen atoms in total. The molecule has 0 saturated heterocycles. The summed E-state index contributed by atoms with van der Waals surface area (Å²) in [5.41, 5.74) is 1.21. The van der Waals surface area contributed by atoms with E-state index in [4.69, 9.17) is 0 Å². The van der Waals surface area contributed by atoms with Crippen molar-refractivity contribution in [1.82, 2.24) is 4.98 Å². The van der Waals surface area contributed by atoms with Gasteiger partial charge in [0.15, 0.2) is 0 Å². The topological polar surface area (TPSA) is 71.5 Å². The summed E-state index contributed by atoms with van der Waals surface area (Å²) in [5, 5.41) is 2.77. The molecular weight excluding hydrogens is 399 g/mol. The standard InChI is InChI=1S/C21H20F3N3O3/c1-27(20(29)14-4-5-14)18-11-15(10-17(25-18)26-19(28)13-2-3-13)12-6-8-16(9-7-12)30-21(22,23)24/h6-11,13-14H,2-5H2,1H3,(H,25,26,28). The lowest BCUT2D eigenvalue weighted by Gasteiger charge is -2.19. The van der Waals surface area contributed by atoms with Crippen LogP contribution in [0.15, 0.2) is 36.4 Å². The van der Waals surface area contributed by atoms with Crippen LogP contribution >= 0.6 is 0 Å². The van der Waals surface area contributed by atoms with Crippen molar-refractivity contribution in [1.29, 1.82) is 0 Å². The smallest absolute Gasteiger partial charge is 0.406 e. The number of halogens is 3. The summed E-state index contributed by atoms with van der Waals surface area (Å²) in [6.45, 7) is 0. The van der Waals surface area contributed by atoms with Crippen molar-refractivity contribution in [2.45, 2.75) is 32.0 Å². The molecule has 1 heterocycles. The second kappa shape index (κ2) is 7.62. The van der Waals surface area contributed by atoms with Gasteiger partial charge in [0.1, 0.15) is 17.4 Å². The van der Waals surface area contributed by atoms with Gasteiger partial charge in [0.25, 0.3) is 0 Å². The zero-order valence-corrected chi connectivity index (χ0v) is 16.2. The van der Waals surface area contributed by atoms with E-state index in [9.17, 15) is 22.8 Å². The average Bonchev–Trinajstić information content (AvgIpc) is 3.57. The summed E-state index contributed by atoms with van der Waals surface area (Å²) in [6.07, 6.45) is -1.42. The summed E-state index contributed by atoms with van der Waals surface area (Å²) in [6, 6.07) is 8.70. The van der Waals surface area contributed by atoms with Crippen molar-refractivity contribution in [3.05, 3.63) is 36.4 Å². The number of anilines is 2. The van der Waals surface area contributed by atoms with Crippen LogP contribution in [-0.2, 0) is 9.59 Å². The Hall–Kier alpha value is -3.10. The quantitative estimate of drug-likeness (QED) is 0.755.